The third-order valence-electron chi connectivity index (χ3n) is 3.76. The SMILES string of the molecule is CCOc1ccc(-c2nnc(SCC(=O)Nc3ccc(C)cc3)n2N)cc1. The van der Waals surface area contributed by atoms with E-state index in [0.29, 0.717) is 17.6 Å². The van der Waals surface area contributed by atoms with Gasteiger partial charge in [-0.25, -0.2) is 4.68 Å². The van der Waals surface area contributed by atoms with E-state index in [-0.39, 0.29) is 11.7 Å². The van der Waals surface area contributed by atoms with Crippen LogP contribution < -0.4 is 15.9 Å². The van der Waals surface area contributed by atoms with Crippen molar-refractivity contribution in [2.24, 2.45) is 0 Å². The molecule has 8 heteroatoms. The number of anilines is 1. The first-order chi connectivity index (χ1) is 13.1. The number of carbonyl (C=O) groups is 1. The maximum atomic E-state index is 12.1. The second kappa shape index (κ2) is 8.59. The van der Waals surface area contributed by atoms with E-state index in [9.17, 15) is 4.79 Å². The van der Waals surface area contributed by atoms with Gasteiger partial charge >= 0.3 is 0 Å². The standard InChI is InChI=1S/C19H21N5O2S/c1-3-26-16-10-6-14(7-11-16)18-22-23-19(24(18)20)27-12-17(25)21-15-8-4-13(2)5-9-15/h4-11H,3,12,20H2,1-2H3,(H,21,25). The summed E-state index contributed by atoms with van der Waals surface area (Å²) in [4.78, 5) is 12.1. The Morgan fingerprint density at radius 2 is 1.85 bits per heavy atom. The predicted octanol–water partition coefficient (Wildman–Crippen LogP) is 3.10. The first kappa shape index (κ1) is 18.8. The van der Waals surface area contributed by atoms with Gasteiger partial charge < -0.3 is 15.9 Å². The summed E-state index contributed by atoms with van der Waals surface area (Å²) in [5.74, 6) is 7.46. The largest absolute Gasteiger partial charge is 0.494 e. The van der Waals surface area contributed by atoms with Crippen LogP contribution in [-0.2, 0) is 4.79 Å². The van der Waals surface area contributed by atoms with Crippen molar-refractivity contribution in [2.75, 3.05) is 23.5 Å². The molecule has 7 nitrogen and oxygen atoms in total. The maximum Gasteiger partial charge on any atom is 0.234 e. The first-order valence-electron chi connectivity index (χ1n) is 8.50. The van der Waals surface area contributed by atoms with Gasteiger partial charge in [0, 0.05) is 11.3 Å². The van der Waals surface area contributed by atoms with Crippen molar-refractivity contribution in [1.29, 1.82) is 0 Å². The molecule has 0 unspecified atom stereocenters. The lowest BCUT2D eigenvalue weighted by atomic mass is 10.2. The average Bonchev–Trinajstić information content (AvgIpc) is 3.03. The summed E-state index contributed by atoms with van der Waals surface area (Å²) in [5, 5.41) is 11.5. The molecule has 0 aliphatic carbocycles. The average molecular weight is 383 g/mol. The van der Waals surface area contributed by atoms with Gasteiger partial charge in [-0.2, -0.15) is 0 Å². The van der Waals surface area contributed by atoms with Crippen molar-refractivity contribution in [3.63, 3.8) is 0 Å². The van der Waals surface area contributed by atoms with E-state index in [4.69, 9.17) is 10.6 Å². The van der Waals surface area contributed by atoms with E-state index >= 15 is 0 Å². The monoisotopic (exact) mass is 383 g/mol. The maximum absolute atomic E-state index is 12.1. The highest BCUT2D eigenvalue weighted by Gasteiger charge is 2.14. The molecule has 0 bridgehead atoms. The number of carbonyl (C=O) groups excluding carboxylic acids is 1. The van der Waals surface area contributed by atoms with Crippen LogP contribution in [0.2, 0.25) is 0 Å². The van der Waals surface area contributed by atoms with Crippen LogP contribution in [-0.4, -0.2) is 33.1 Å². The van der Waals surface area contributed by atoms with Crippen molar-refractivity contribution in [2.45, 2.75) is 19.0 Å². The highest BCUT2D eigenvalue weighted by atomic mass is 32.2. The van der Waals surface area contributed by atoms with Crippen molar-refractivity contribution < 1.29 is 9.53 Å². The molecule has 1 amide bonds. The number of nitrogens with two attached hydrogens (primary N) is 1. The van der Waals surface area contributed by atoms with Gasteiger partial charge in [0.2, 0.25) is 11.1 Å². The summed E-state index contributed by atoms with van der Waals surface area (Å²) in [7, 11) is 0. The Balaban J connectivity index is 1.61. The van der Waals surface area contributed by atoms with Gasteiger partial charge in [-0.15, -0.1) is 10.2 Å². The number of nitrogen functional groups attached to an aromatic ring is 1. The Bertz CT molecular complexity index is 907. The Kier molecular flexibility index (Phi) is 5.97. The molecule has 27 heavy (non-hydrogen) atoms. The summed E-state index contributed by atoms with van der Waals surface area (Å²) >= 11 is 1.23. The highest BCUT2D eigenvalue weighted by molar-refractivity contribution is 7.99. The molecule has 0 fully saturated rings. The number of thioether (sulfide) groups is 1. The van der Waals surface area contributed by atoms with Crippen LogP contribution in [0.15, 0.2) is 53.7 Å². The van der Waals surface area contributed by atoms with Gasteiger partial charge in [0.15, 0.2) is 5.82 Å². The lowest BCUT2D eigenvalue weighted by Gasteiger charge is -2.06. The number of hydrogen-bond donors (Lipinski definition) is 2. The number of aromatic nitrogens is 3. The van der Waals surface area contributed by atoms with Gasteiger partial charge in [-0.1, -0.05) is 29.5 Å². The molecular weight excluding hydrogens is 362 g/mol. The normalized spacial score (nSPS) is 10.6. The lowest BCUT2D eigenvalue weighted by molar-refractivity contribution is -0.113. The van der Waals surface area contributed by atoms with Crippen LogP contribution in [0.25, 0.3) is 11.4 Å². The third-order valence-corrected chi connectivity index (χ3v) is 4.70. The van der Waals surface area contributed by atoms with Gasteiger partial charge in [0.05, 0.1) is 12.4 Å². The van der Waals surface area contributed by atoms with Gasteiger partial charge in [-0.3, -0.25) is 4.79 Å². The van der Waals surface area contributed by atoms with Crippen LogP contribution in [0.5, 0.6) is 5.75 Å². The van der Waals surface area contributed by atoms with Gasteiger partial charge in [0.25, 0.3) is 0 Å². The summed E-state index contributed by atoms with van der Waals surface area (Å²) < 4.78 is 6.82. The Hall–Kier alpha value is -3.00. The van der Waals surface area contributed by atoms with E-state index in [1.807, 2.05) is 62.4 Å². The van der Waals surface area contributed by atoms with Crippen LogP contribution in [0, 0.1) is 6.92 Å². The first-order valence-corrected chi connectivity index (χ1v) is 9.48. The Morgan fingerprint density at radius 3 is 2.52 bits per heavy atom. The molecule has 1 aromatic heterocycles. The molecule has 0 saturated carbocycles. The molecule has 2 aromatic carbocycles. The quantitative estimate of drug-likeness (QED) is 0.481. The molecule has 0 aliphatic heterocycles. The van der Waals surface area contributed by atoms with Crippen molar-refractivity contribution >= 4 is 23.4 Å². The Morgan fingerprint density at radius 1 is 1.15 bits per heavy atom. The lowest BCUT2D eigenvalue weighted by Crippen LogP contribution is -2.16. The summed E-state index contributed by atoms with van der Waals surface area (Å²) in [5.41, 5.74) is 2.72. The third kappa shape index (κ3) is 4.79. The zero-order chi connectivity index (χ0) is 19.2. The van der Waals surface area contributed by atoms with E-state index < -0.39 is 0 Å². The number of hydrogen-bond acceptors (Lipinski definition) is 6. The van der Waals surface area contributed by atoms with E-state index in [2.05, 4.69) is 15.5 Å². The van der Waals surface area contributed by atoms with Crippen LogP contribution in [0.1, 0.15) is 12.5 Å². The van der Waals surface area contributed by atoms with Crippen molar-refractivity contribution in [3.8, 4) is 17.1 Å². The van der Waals surface area contributed by atoms with E-state index in [1.165, 1.54) is 16.4 Å². The van der Waals surface area contributed by atoms with Crippen LogP contribution >= 0.6 is 11.8 Å². The summed E-state index contributed by atoms with van der Waals surface area (Å²) in [6.45, 7) is 4.54. The molecule has 1 heterocycles. The minimum atomic E-state index is -0.130. The zero-order valence-corrected chi connectivity index (χ0v) is 16.0. The molecule has 0 spiro atoms. The number of nitrogens with one attached hydrogen (secondary N) is 1. The fourth-order valence-corrected chi connectivity index (χ4v) is 3.06. The number of nitrogens with zero attached hydrogens (tertiary/aromatic N) is 3. The molecule has 140 valence electrons. The smallest absolute Gasteiger partial charge is 0.234 e. The molecule has 3 rings (SSSR count). The molecule has 0 aliphatic rings. The number of aryl methyl sites for hydroxylation is 1. The molecular formula is C19H21N5O2S. The second-order valence-electron chi connectivity index (χ2n) is 5.84. The Labute approximate surface area is 161 Å². The fourth-order valence-electron chi connectivity index (χ4n) is 2.40. The molecule has 0 radical (unpaired) electrons. The summed E-state index contributed by atoms with van der Waals surface area (Å²) in [6.07, 6.45) is 0. The zero-order valence-electron chi connectivity index (χ0n) is 15.2. The van der Waals surface area contributed by atoms with Gasteiger partial charge in [-0.05, 0) is 50.2 Å². The van der Waals surface area contributed by atoms with E-state index in [0.717, 1.165) is 22.6 Å². The molecule has 3 aromatic rings. The van der Waals surface area contributed by atoms with Gasteiger partial charge in [0.1, 0.15) is 5.75 Å². The number of amides is 1. The molecule has 0 saturated heterocycles. The summed E-state index contributed by atoms with van der Waals surface area (Å²) in [6, 6.07) is 15.1. The minimum absolute atomic E-state index is 0.130. The molecule has 3 N–H and O–H groups in total. The predicted molar refractivity (Wildman–Crippen MR) is 107 cm³/mol. The number of ether oxygens (including phenoxy) is 1. The minimum Gasteiger partial charge on any atom is -0.494 e. The molecule has 0 atom stereocenters. The van der Waals surface area contributed by atoms with Crippen LogP contribution in [0.3, 0.4) is 0 Å². The second-order valence-corrected chi connectivity index (χ2v) is 6.78. The van der Waals surface area contributed by atoms with E-state index in [1.54, 1.807) is 0 Å². The topological polar surface area (TPSA) is 95.1 Å². The number of benzene rings is 2. The van der Waals surface area contributed by atoms with Crippen molar-refractivity contribution in [1.82, 2.24) is 14.9 Å². The fraction of sp³-hybridized carbons (Fsp3) is 0.211. The van der Waals surface area contributed by atoms with Crippen molar-refractivity contribution in [3.05, 3.63) is 54.1 Å². The number of rotatable bonds is 7. The van der Waals surface area contributed by atoms with Crippen LogP contribution in [0.4, 0.5) is 5.69 Å². The highest BCUT2D eigenvalue weighted by Crippen LogP contribution is 2.23.